The van der Waals surface area contributed by atoms with Gasteiger partial charge in [0.2, 0.25) is 5.91 Å². The Morgan fingerprint density at radius 2 is 1.74 bits per heavy atom. The third kappa shape index (κ3) is 3.61. The normalized spacial score (nSPS) is 15.9. The fourth-order valence-electron chi connectivity index (χ4n) is 2.25. The summed E-state index contributed by atoms with van der Waals surface area (Å²) in [6, 6.07) is 7.21. The molecule has 1 heterocycles. The predicted molar refractivity (Wildman–Crippen MR) is 75.5 cm³/mol. The van der Waals surface area contributed by atoms with Crippen molar-refractivity contribution in [2.75, 3.05) is 51.7 Å². The molecule has 1 N–H and O–H groups in total. The van der Waals surface area contributed by atoms with Gasteiger partial charge in [-0.2, -0.15) is 0 Å². The van der Waals surface area contributed by atoms with E-state index >= 15 is 0 Å². The van der Waals surface area contributed by atoms with E-state index in [0.717, 1.165) is 31.9 Å². The molecule has 1 aromatic rings. The van der Waals surface area contributed by atoms with Crippen LogP contribution in [0.2, 0.25) is 0 Å². The molecule has 1 aliphatic heterocycles. The number of nitrogens with zero attached hydrogens (tertiary/aromatic N) is 3. The van der Waals surface area contributed by atoms with E-state index in [1.54, 1.807) is 12.1 Å². The maximum Gasteiger partial charge on any atom is 0.236 e. The van der Waals surface area contributed by atoms with Gasteiger partial charge >= 0.3 is 0 Å². The minimum Gasteiger partial charge on any atom is -0.508 e. The number of rotatable bonds is 3. The van der Waals surface area contributed by atoms with Gasteiger partial charge in [0.25, 0.3) is 0 Å². The number of aromatic hydroxyl groups is 1. The molecule has 1 fully saturated rings. The zero-order valence-electron chi connectivity index (χ0n) is 11.5. The van der Waals surface area contributed by atoms with E-state index in [-0.39, 0.29) is 11.7 Å². The average molecular weight is 263 g/mol. The van der Waals surface area contributed by atoms with Gasteiger partial charge in [-0.1, -0.05) is 0 Å². The molecular formula is C14H21N3O2. The van der Waals surface area contributed by atoms with E-state index in [1.807, 2.05) is 36.0 Å². The largest absolute Gasteiger partial charge is 0.508 e. The van der Waals surface area contributed by atoms with Crippen molar-refractivity contribution in [1.82, 2.24) is 9.80 Å². The van der Waals surface area contributed by atoms with Crippen molar-refractivity contribution in [2.45, 2.75) is 0 Å². The molecule has 0 aromatic heterocycles. The van der Waals surface area contributed by atoms with E-state index in [0.29, 0.717) is 6.54 Å². The Labute approximate surface area is 114 Å². The van der Waals surface area contributed by atoms with Crippen molar-refractivity contribution in [3.05, 3.63) is 24.3 Å². The van der Waals surface area contributed by atoms with Crippen LogP contribution in [0.4, 0.5) is 5.69 Å². The van der Waals surface area contributed by atoms with Crippen LogP contribution in [0.25, 0.3) is 0 Å². The molecule has 1 aromatic carbocycles. The summed E-state index contributed by atoms with van der Waals surface area (Å²) >= 11 is 0. The van der Waals surface area contributed by atoms with Gasteiger partial charge in [-0.15, -0.1) is 0 Å². The Morgan fingerprint density at radius 1 is 1.16 bits per heavy atom. The van der Waals surface area contributed by atoms with E-state index in [2.05, 4.69) is 4.90 Å². The van der Waals surface area contributed by atoms with Crippen LogP contribution in [-0.4, -0.2) is 67.6 Å². The Hall–Kier alpha value is -1.75. The smallest absolute Gasteiger partial charge is 0.236 e. The zero-order chi connectivity index (χ0) is 13.8. The highest BCUT2D eigenvalue weighted by Crippen LogP contribution is 2.19. The molecule has 5 heteroatoms. The van der Waals surface area contributed by atoms with Crippen LogP contribution in [0, 0.1) is 0 Å². The molecule has 0 atom stereocenters. The molecule has 0 spiro atoms. The lowest BCUT2D eigenvalue weighted by molar-refractivity contribution is -0.132. The summed E-state index contributed by atoms with van der Waals surface area (Å²) in [4.78, 5) is 18.0. The van der Waals surface area contributed by atoms with Crippen LogP contribution in [0.5, 0.6) is 5.75 Å². The van der Waals surface area contributed by atoms with Crippen molar-refractivity contribution in [2.24, 2.45) is 0 Å². The molecule has 1 saturated heterocycles. The van der Waals surface area contributed by atoms with Crippen molar-refractivity contribution in [1.29, 1.82) is 0 Å². The third-order valence-corrected chi connectivity index (χ3v) is 3.30. The van der Waals surface area contributed by atoms with Crippen LogP contribution >= 0.6 is 0 Å². The first-order chi connectivity index (χ1) is 9.06. The molecule has 5 nitrogen and oxygen atoms in total. The van der Waals surface area contributed by atoms with Crippen LogP contribution in [0.15, 0.2) is 24.3 Å². The summed E-state index contributed by atoms with van der Waals surface area (Å²) in [5.74, 6) is 0.471. The highest BCUT2D eigenvalue weighted by atomic mass is 16.3. The van der Waals surface area contributed by atoms with Crippen LogP contribution in [-0.2, 0) is 4.79 Å². The molecule has 2 rings (SSSR count). The molecule has 0 unspecified atom stereocenters. The molecule has 0 saturated carbocycles. The summed E-state index contributed by atoms with van der Waals surface area (Å²) in [7, 11) is 3.81. The minimum atomic E-state index is 0.190. The molecule has 1 aliphatic rings. The lowest BCUT2D eigenvalue weighted by atomic mass is 10.2. The van der Waals surface area contributed by atoms with Gasteiger partial charge in [0.1, 0.15) is 5.75 Å². The van der Waals surface area contributed by atoms with Gasteiger partial charge in [0.15, 0.2) is 0 Å². The maximum absolute atomic E-state index is 11.9. The zero-order valence-corrected chi connectivity index (χ0v) is 11.5. The highest BCUT2D eigenvalue weighted by molar-refractivity contribution is 5.78. The number of amides is 1. The average Bonchev–Trinajstić information content (AvgIpc) is 2.39. The molecular weight excluding hydrogens is 242 g/mol. The highest BCUT2D eigenvalue weighted by Gasteiger charge is 2.21. The van der Waals surface area contributed by atoms with Gasteiger partial charge in [0.05, 0.1) is 6.54 Å². The summed E-state index contributed by atoms with van der Waals surface area (Å²) in [6.07, 6.45) is 0. The van der Waals surface area contributed by atoms with Crippen molar-refractivity contribution < 1.29 is 9.90 Å². The van der Waals surface area contributed by atoms with Crippen molar-refractivity contribution in [3.8, 4) is 5.75 Å². The van der Waals surface area contributed by atoms with Gasteiger partial charge < -0.3 is 19.8 Å². The fraction of sp³-hybridized carbons (Fsp3) is 0.500. The molecule has 19 heavy (non-hydrogen) atoms. The van der Waals surface area contributed by atoms with E-state index in [9.17, 15) is 9.90 Å². The predicted octanol–water partition coefficient (Wildman–Crippen LogP) is 0.602. The van der Waals surface area contributed by atoms with E-state index < -0.39 is 0 Å². The maximum atomic E-state index is 11.9. The first-order valence-electron chi connectivity index (χ1n) is 6.53. The standard InChI is InChI=1S/C14H21N3O2/c1-15(2)11-14(19)17-9-7-16(8-10-17)12-3-5-13(18)6-4-12/h3-6,18H,7-11H2,1-2H3. The van der Waals surface area contributed by atoms with Gasteiger partial charge in [0, 0.05) is 31.9 Å². The SMILES string of the molecule is CN(C)CC(=O)N1CCN(c2ccc(O)cc2)CC1. The Bertz CT molecular complexity index is 423. The minimum absolute atomic E-state index is 0.190. The van der Waals surface area contributed by atoms with Gasteiger partial charge in [-0.3, -0.25) is 4.79 Å². The molecule has 104 valence electrons. The fourth-order valence-corrected chi connectivity index (χ4v) is 2.25. The van der Waals surface area contributed by atoms with Gasteiger partial charge in [-0.05, 0) is 38.4 Å². The lowest BCUT2D eigenvalue weighted by Crippen LogP contribution is -2.50. The van der Waals surface area contributed by atoms with Crippen LogP contribution in [0.1, 0.15) is 0 Å². The lowest BCUT2D eigenvalue weighted by Gasteiger charge is -2.36. The molecule has 0 bridgehead atoms. The molecule has 1 amide bonds. The number of phenolic OH excluding ortho intramolecular Hbond substituents is 1. The quantitative estimate of drug-likeness (QED) is 0.867. The van der Waals surface area contributed by atoms with Crippen LogP contribution < -0.4 is 4.90 Å². The van der Waals surface area contributed by atoms with Crippen LogP contribution in [0.3, 0.4) is 0 Å². The third-order valence-electron chi connectivity index (χ3n) is 3.30. The van der Waals surface area contributed by atoms with Crippen molar-refractivity contribution >= 4 is 11.6 Å². The summed E-state index contributed by atoms with van der Waals surface area (Å²) in [5, 5.41) is 9.28. The molecule has 0 aliphatic carbocycles. The topological polar surface area (TPSA) is 47.0 Å². The van der Waals surface area contributed by atoms with E-state index in [4.69, 9.17) is 0 Å². The number of hydrogen-bond donors (Lipinski definition) is 1. The number of phenols is 1. The second-order valence-electron chi connectivity index (χ2n) is 5.12. The second kappa shape index (κ2) is 5.93. The number of likely N-dealkylation sites (N-methyl/N-ethyl adjacent to an activating group) is 1. The number of carbonyl (C=O) groups excluding carboxylic acids is 1. The summed E-state index contributed by atoms with van der Waals surface area (Å²) in [5.41, 5.74) is 1.09. The number of piperazine rings is 1. The first-order valence-corrected chi connectivity index (χ1v) is 6.53. The Kier molecular flexibility index (Phi) is 4.27. The van der Waals surface area contributed by atoms with Gasteiger partial charge in [-0.25, -0.2) is 0 Å². The Morgan fingerprint density at radius 3 is 2.26 bits per heavy atom. The first kappa shape index (κ1) is 13.7. The Balaban J connectivity index is 1.88. The molecule has 0 radical (unpaired) electrons. The number of benzene rings is 1. The number of anilines is 1. The summed E-state index contributed by atoms with van der Waals surface area (Å²) in [6.45, 7) is 3.66. The number of carbonyl (C=O) groups is 1. The van der Waals surface area contributed by atoms with Crippen molar-refractivity contribution in [3.63, 3.8) is 0 Å². The van der Waals surface area contributed by atoms with E-state index in [1.165, 1.54) is 0 Å². The summed E-state index contributed by atoms with van der Waals surface area (Å²) < 4.78 is 0. The second-order valence-corrected chi connectivity index (χ2v) is 5.12. The monoisotopic (exact) mass is 263 g/mol. The number of hydrogen-bond acceptors (Lipinski definition) is 4.